The van der Waals surface area contributed by atoms with Crippen LogP contribution in [0.2, 0.25) is 0 Å². The Hall–Kier alpha value is -0.340. The van der Waals surface area contributed by atoms with Crippen LogP contribution in [0.25, 0.3) is 10.8 Å². The molecule has 52 valence electrons. The second-order valence-electron chi connectivity index (χ2n) is 1.89. The molecule has 0 radical (unpaired) electrons. The van der Waals surface area contributed by atoms with E-state index in [0.29, 0.717) is 0 Å². The largest absolute Gasteiger partial charge is 0.151 e. The molecule has 0 aliphatic heterocycles. The molecule has 0 atom stereocenters. The summed E-state index contributed by atoms with van der Waals surface area (Å²) in [6.45, 7) is 0. The Morgan fingerprint density at radius 1 is 0.900 bits per heavy atom. The molecule has 0 heterocycles. The van der Waals surface area contributed by atoms with E-state index < -0.39 is 0 Å². The normalized spacial score (nSPS) is 14.2. The van der Waals surface area contributed by atoms with Crippen molar-refractivity contribution in [2.24, 2.45) is 0 Å². The standard InChI is InChI=1S/C8H8S2/c9-5-7-3-1-2-4-8(7)6-10/h1-6,9-10H/b7-5+,8-6+. The molecule has 2 heteroatoms. The molecule has 0 nitrogen and oxygen atoms in total. The zero-order valence-corrected chi connectivity index (χ0v) is 7.15. The van der Waals surface area contributed by atoms with Gasteiger partial charge < -0.3 is 0 Å². The van der Waals surface area contributed by atoms with E-state index in [1.165, 1.54) is 0 Å². The highest BCUT2D eigenvalue weighted by Crippen LogP contribution is 1.76. The second kappa shape index (κ2) is 3.74. The van der Waals surface area contributed by atoms with E-state index in [1.54, 1.807) is 10.8 Å². The fourth-order valence-electron chi connectivity index (χ4n) is 0.746. The fourth-order valence-corrected chi connectivity index (χ4v) is 1.22. The van der Waals surface area contributed by atoms with Gasteiger partial charge in [0, 0.05) is 0 Å². The van der Waals surface area contributed by atoms with Gasteiger partial charge in [0.05, 0.1) is 0 Å². The lowest BCUT2D eigenvalue weighted by molar-refractivity contribution is 1.54. The Morgan fingerprint density at radius 2 is 1.30 bits per heavy atom. The molecule has 0 N–H and O–H groups in total. The minimum atomic E-state index is 1.10. The highest BCUT2D eigenvalue weighted by molar-refractivity contribution is 7.88. The number of benzene rings is 1. The van der Waals surface area contributed by atoms with Crippen molar-refractivity contribution >= 4 is 36.1 Å². The Kier molecular flexibility index (Phi) is 2.90. The third-order valence-corrected chi connectivity index (χ3v) is 1.83. The number of hydrogen-bond donors (Lipinski definition) is 2. The first-order chi connectivity index (χ1) is 4.88. The van der Waals surface area contributed by atoms with E-state index in [4.69, 9.17) is 0 Å². The zero-order valence-electron chi connectivity index (χ0n) is 5.36. The maximum Gasteiger partial charge on any atom is -0.0118 e. The summed E-state index contributed by atoms with van der Waals surface area (Å²) in [6, 6.07) is 7.94. The summed E-state index contributed by atoms with van der Waals surface area (Å²) in [7, 11) is 0. The molecule has 0 saturated carbocycles. The van der Waals surface area contributed by atoms with Gasteiger partial charge in [0.25, 0.3) is 0 Å². The van der Waals surface area contributed by atoms with Crippen molar-refractivity contribution in [3.8, 4) is 0 Å². The summed E-state index contributed by atoms with van der Waals surface area (Å²) in [6.07, 6.45) is 0. The average molecular weight is 168 g/mol. The van der Waals surface area contributed by atoms with Crippen LogP contribution in [0.5, 0.6) is 0 Å². The Balaban J connectivity index is 3.53. The second-order valence-corrected chi connectivity index (χ2v) is 2.40. The molecule has 0 saturated heterocycles. The lowest BCUT2D eigenvalue weighted by Gasteiger charge is -1.84. The molecular weight excluding hydrogens is 160 g/mol. The van der Waals surface area contributed by atoms with Gasteiger partial charge in [0.15, 0.2) is 0 Å². The molecule has 1 aromatic carbocycles. The first-order valence-electron chi connectivity index (χ1n) is 2.92. The maximum absolute atomic E-state index is 4.05. The molecule has 0 amide bonds. The van der Waals surface area contributed by atoms with E-state index >= 15 is 0 Å². The maximum atomic E-state index is 4.05. The Bertz CT molecular complexity index is 281. The van der Waals surface area contributed by atoms with Crippen LogP contribution in [0.1, 0.15) is 0 Å². The van der Waals surface area contributed by atoms with Crippen molar-refractivity contribution in [1.82, 2.24) is 0 Å². The van der Waals surface area contributed by atoms with Gasteiger partial charge in [-0.05, 0) is 21.3 Å². The van der Waals surface area contributed by atoms with Gasteiger partial charge in [0.1, 0.15) is 0 Å². The van der Waals surface area contributed by atoms with Gasteiger partial charge in [-0.25, -0.2) is 0 Å². The summed E-state index contributed by atoms with van der Waals surface area (Å²) in [5.41, 5.74) is 0. The van der Waals surface area contributed by atoms with Gasteiger partial charge in [-0.2, -0.15) is 25.3 Å². The summed E-state index contributed by atoms with van der Waals surface area (Å²) in [5.74, 6) is 0. The van der Waals surface area contributed by atoms with Crippen molar-refractivity contribution in [1.29, 1.82) is 0 Å². The quantitative estimate of drug-likeness (QED) is 0.531. The summed E-state index contributed by atoms with van der Waals surface area (Å²) in [4.78, 5) is 0. The number of rotatable bonds is 0. The minimum absolute atomic E-state index is 1.10. The van der Waals surface area contributed by atoms with Crippen molar-refractivity contribution in [2.45, 2.75) is 0 Å². The molecule has 1 aromatic rings. The third-order valence-electron chi connectivity index (χ3n) is 1.27. The van der Waals surface area contributed by atoms with E-state index in [-0.39, 0.29) is 0 Å². The van der Waals surface area contributed by atoms with Gasteiger partial charge in [-0.1, -0.05) is 24.3 Å². The molecule has 1 rings (SSSR count). The molecule has 0 spiro atoms. The van der Waals surface area contributed by atoms with Crippen molar-refractivity contribution < 1.29 is 0 Å². The summed E-state index contributed by atoms with van der Waals surface area (Å²) >= 11 is 8.11. The lowest BCUT2D eigenvalue weighted by Crippen LogP contribution is -2.21. The van der Waals surface area contributed by atoms with Gasteiger partial charge >= 0.3 is 0 Å². The predicted molar refractivity (Wildman–Crippen MR) is 52.6 cm³/mol. The molecule has 10 heavy (non-hydrogen) atoms. The molecule has 0 aliphatic rings. The molecule has 0 unspecified atom stereocenters. The topological polar surface area (TPSA) is 0 Å². The smallest absolute Gasteiger partial charge is 0.0118 e. The molecular formula is C8H8S2. The Morgan fingerprint density at radius 3 is 1.60 bits per heavy atom. The van der Waals surface area contributed by atoms with E-state index in [1.807, 2.05) is 24.3 Å². The van der Waals surface area contributed by atoms with Crippen molar-refractivity contribution in [2.75, 3.05) is 0 Å². The minimum Gasteiger partial charge on any atom is -0.151 e. The molecule has 0 bridgehead atoms. The number of thiol groups is 2. The molecule has 0 aromatic heterocycles. The Labute approximate surface area is 71.1 Å². The van der Waals surface area contributed by atoms with Crippen LogP contribution < -0.4 is 10.4 Å². The number of hydrogen-bond acceptors (Lipinski definition) is 2. The highest BCUT2D eigenvalue weighted by Gasteiger charge is 1.77. The molecule has 0 fully saturated rings. The van der Waals surface area contributed by atoms with Crippen molar-refractivity contribution in [3.63, 3.8) is 0 Å². The van der Waals surface area contributed by atoms with Gasteiger partial charge in [-0.15, -0.1) is 0 Å². The van der Waals surface area contributed by atoms with E-state index in [9.17, 15) is 0 Å². The van der Waals surface area contributed by atoms with E-state index in [0.717, 1.165) is 10.4 Å². The van der Waals surface area contributed by atoms with Gasteiger partial charge in [0.2, 0.25) is 0 Å². The first kappa shape index (κ1) is 7.76. The zero-order chi connectivity index (χ0) is 7.40. The van der Waals surface area contributed by atoms with Crippen LogP contribution in [0.3, 0.4) is 0 Å². The first-order valence-corrected chi connectivity index (χ1v) is 3.95. The lowest BCUT2D eigenvalue weighted by atomic mass is 10.3. The van der Waals surface area contributed by atoms with Crippen LogP contribution in [-0.4, -0.2) is 0 Å². The SMILES string of the molecule is S/C=c1\cccc\c1=C/S. The predicted octanol–water partition coefficient (Wildman–Crippen LogP) is 1.02. The van der Waals surface area contributed by atoms with Crippen LogP contribution in [0, 0.1) is 0 Å². The fraction of sp³-hybridized carbons (Fsp3) is 0. The summed E-state index contributed by atoms with van der Waals surface area (Å²) in [5, 5.41) is 5.73. The van der Waals surface area contributed by atoms with Crippen molar-refractivity contribution in [3.05, 3.63) is 34.7 Å². The van der Waals surface area contributed by atoms with Crippen LogP contribution >= 0.6 is 25.3 Å². The van der Waals surface area contributed by atoms with Crippen LogP contribution in [-0.2, 0) is 0 Å². The highest BCUT2D eigenvalue weighted by atomic mass is 32.1. The molecule has 0 aliphatic carbocycles. The van der Waals surface area contributed by atoms with Crippen LogP contribution in [0.15, 0.2) is 24.3 Å². The monoisotopic (exact) mass is 168 g/mol. The van der Waals surface area contributed by atoms with Gasteiger partial charge in [-0.3, -0.25) is 0 Å². The summed E-state index contributed by atoms with van der Waals surface area (Å²) < 4.78 is 0. The third kappa shape index (κ3) is 1.58. The van der Waals surface area contributed by atoms with Crippen LogP contribution in [0.4, 0.5) is 0 Å². The average Bonchev–Trinajstić information content (AvgIpc) is 2.04. The van der Waals surface area contributed by atoms with E-state index in [2.05, 4.69) is 25.3 Å².